The van der Waals surface area contributed by atoms with Crippen LogP contribution < -0.4 is 15.8 Å². The number of pyridine rings is 1. The molecule has 0 unspecified atom stereocenters. The van der Waals surface area contributed by atoms with Crippen LogP contribution in [0.5, 0.6) is 5.88 Å². The molecule has 194 valence electrons. The first-order chi connectivity index (χ1) is 16.9. The second-order valence-corrected chi connectivity index (χ2v) is 9.20. The number of carboxylic acid groups (broad SMARTS) is 1. The van der Waals surface area contributed by atoms with Gasteiger partial charge in [-0.1, -0.05) is 38.1 Å². The van der Waals surface area contributed by atoms with Gasteiger partial charge in [0.05, 0.1) is 0 Å². The normalized spacial score (nSPS) is 15.4. The Kier molecular flexibility index (Phi) is 8.24. The summed E-state index contributed by atoms with van der Waals surface area (Å²) < 4.78 is 30.4. The molecule has 4 N–H and O–H groups in total. The second-order valence-electron chi connectivity index (χ2n) is 9.20. The highest BCUT2D eigenvalue weighted by atomic mass is 19.3. The molecule has 11 heteroatoms. The molecule has 1 fully saturated rings. The maximum absolute atomic E-state index is 13.7. The molecule has 1 aromatic carbocycles. The van der Waals surface area contributed by atoms with Gasteiger partial charge >= 0.3 is 12.6 Å². The summed E-state index contributed by atoms with van der Waals surface area (Å²) in [7, 11) is 0. The van der Waals surface area contributed by atoms with Crippen LogP contribution in [-0.2, 0) is 19.8 Å². The van der Waals surface area contributed by atoms with Crippen molar-refractivity contribution in [2.24, 2.45) is 5.73 Å². The number of hydrogen-bond acceptors (Lipinski definition) is 6. The Hall–Kier alpha value is -3.60. The van der Waals surface area contributed by atoms with E-state index >= 15 is 0 Å². The number of anilines is 1. The Bertz CT molecular complexity index is 1140. The monoisotopic (exact) mass is 504 g/mol. The van der Waals surface area contributed by atoms with Gasteiger partial charge in [0.25, 0.3) is 0 Å². The number of likely N-dealkylation sites (tertiary alicyclic amines) is 1. The van der Waals surface area contributed by atoms with Gasteiger partial charge in [0, 0.05) is 25.2 Å². The predicted molar refractivity (Wildman–Crippen MR) is 128 cm³/mol. The number of ether oxygens (including phenoxy) is 1. The number of carbonyl (C=O) groups excluding carboxylic acids is 2. The molecule has 1 aliphatic heterocycles. The first-order valence-corrected chi connectivity index (χ1v) is 11.5. The zero-order valence-corrected chi connectivity index (χ0v) is 20.3. The zero-order valence-electron chi connectivity index (χ0n) is 20.3. The fourth-order valence-electron chi connectivity index (χ4n) is 4.26. The highest BCUT2D eigenvalue weighted by Crippen LogP contribution is 2.41. The number of rotatable bonds is 10. The van der Waals surface area contributed by atoms with Crippen molar-refractivity contribution < 1.29 is 33.0 Å². The SMILES string of the molecule is Cc1ccc(NC(=O)C2(c3ccccc3C(C)C)CN(C(=O)CC[C@@H](N)C(=O)O)C2)c(OC(F)F)n1. The number of aromatic nitrogens is 1. The van der Waals surface area contributed by atoms with Gasteiger partial charge in [-0.25, -0.2) is 4.98 Å². The molecule has 0 saturated carbocycles. The highest BCUT2D eigenvalue weighted by Gasteiger charge is 2.53. The summed E-state index contributed by atoms with van der Waals surface area (Å²) in [6.45, 7) is 2.52. The zero-order chi connectivity index (χ0) is 26.6. The minimum atomic E-state index is -3.13. The van der Waals surface area contributed by atoms with Gasteiger partial charge in [-0.15, -0.1) is 0 Å². The van der Waals surface area contributed by atoms with Gasteiger partial charge in [-0.3, -0.25) is 14.4 Å². The van der Waals surface area contributed by atoms with E-state index in [2.05, 4.69) is 15.0 Å². The molecule has 0 radical (unpaired) electrons. The maximum Gasteiger partial charge on any atom is 0.388 e. The first-order valence-electron chi connectivity index (χ1n) is 11.5. The Morgan fingerprint density at radius 2 is 1.86 bits per heavy atom. The Morgan fingerprint density at radius 1 is 1.19 bits per heavy atom. The van der Waals surface area contributed by atoms with Gasteiger partial charge in [0.1, 0.15) is 17.1 Å². The van der Waals surface area contributed by atoms with Crippen molar-refractivity contribution >= 4 is 23.5 Å². The number of alkyl halides is 2. The van der Waals surface area contributed by atoms with E-state index in [-0.39, 0.29) is 43.4 Å². The number of carboxylic acids is 1. The summed E-state index contributed by atoms with van der Waals surface area (Å²) in [6.07, 6.45) is -0.110. The van der Waals surface area contributed by atoms with Crippen LogP contribution in [0.3, 0.4) is 0 Å². The molecule has 2 heterocycles. The van der Waals surface area contributed by atoms with E-state index in [4.69, 9.17) is 10.8 Å². The van der Waals surface area contributed by atoms with E-state index in [0.717, 1.165) is 11.1 Å². The molecular formula is C25H30F2N4O5. The number of aryl methyl sites for hydroxylation is 1. The lowest BCUT2D eigenvalue weighted by Gasteiger charge is -2.50. The highest BCUT2D eigenvalue weighted by molar-refractivity contribution is 6.02. The van der Waals surface area contributed by atoms with Gasteiger partial charge in [-0.05, 0) is 42.5 Å². The number of aliphatic carboxylic acids is 1. The minimum absolute atomic E-state index is 0.00971. The topological polar surface area (TPSA) is 135 Å². The lowest BCUT2D eigenvalue weighted by Crippen LogP contribution is -2.66. The van der Waals surface area contributed by atoms with Crippen molar-refractivity contribution in [3.63, 3.8) is 0 Å². The van der Waals surface area contributed by atoms with E-state index in [1.54, 1.807) is 19.1 Å². The van der Waals surface area contributed by atoms with E-state index in [0.29, 0.717) is 5.69 Å². The van der Waals surface area contributed by atoms with E-state index < -0.39 is 35.8 Å². The molecule has 9 nitrogen and oxygen atoms in total. The van der Waals surface area contributed by atoms with Crippen LogP contribution in [0.4, 0.5) is 14.5 Å². The van der Waals surface area contributed by atoms with Crippen molar-refractivity contribution in [2.45, 2.75) is 57.6 Å². The summed E-state index contributed by atoms with van der Waals surface area (Å²) in [5, 5.41) is 11.6. The third-order valence-corrected chi connectivity index (χ3v) is 6.24. The number of hydrogen-bond donors (Lipinski definition) is 3. The number of halogens is 2. The number of benzene rings is 1. The van der Waals surface area contributed by atoms with Crippen molar-refractivity contribution in [1.29, 1.82) is 0 Å². The van der Waals surface area contributed by atoms with E-state index in [9.17, 15) is 23.2 Å². The molecule has 0 aliphatic carbocycles. The van der Waals surface area contributed by atoms with Crippen molar-refractivity contribution in [1.82, 2.24) is 9.88 Å². The lowest BCUT2D eigenvalue weighted by molar-refractivity contribution is -0.144. The number of nitrogens with one attached hydrogen (secondary N) is 1. The molecule has 2 amide bonds. The van der Waals surface area contributed by atoms with Crippen LogP contribution >= 0.6 is 0 Å². The smallest absolute Gasteiger partial charge is 0.388 e. The van der Waals surface area contributed by atoms with Crippen molar-refractivity contribution in [3.05, 3.63) is 53.2 Å². The summed E-state index contributed by atoms with van der Waals surface area (Å²) >= 11 is 0. The molecule has 1 aliphatic rings. The largest absolute Gasteiger partial charge is 0.480 e. The fraction of sp³-hybridized carbons (Fsp3) is 0.440. The van der Waals surface area contributed by atoms with E-state index in [1.807, 2.05) is 32.0 Å². The Balaban J connectivity index is 1.91. The third-order valence-electron chi connectivity index (χ3n) is 6.24. The number of nitrogens with two attached hydrogens (primary N) is 1. The van der Waals surface area contributed by atoms with Crippen LogP contribution in [0.1, 0.15) is 49.4 Å². The van der Waals surface area contributed by atoms with Gasteiger partial charge < -0.3 is 25.8 Å². The molecular weight excluding hydrogens is 474 g/mol. The quantitative estimate of drug-likeness (QED) is 0.453. The molecule has 2 aromatic rings. The Labute approximate surface area is 207 Å². The summed E-state index contributed by atoms with van der Waals surface area (Å²) in [5.41, 5.74) is 6.42. The van der Waals surface area contributed by atoms with Crippen molar-refractivity contribution in [3.8, 4) is 5.88 Å². The van der Waals surface area contributed by atoms with Crippen LogP contribution in [0, 0.1) is 6.92 Å². The van der Waals surface area contributed by atoms with Gasteiger partial charge in [0.15, 0.2) is 0 Å². The van der Waals surface area contributed by atoms with Gasteiger partial charge in [0.2, 0.25) is 17.7 Å². The molecule has 1 atom stereocenters. The lowest BCUT2D eigenvalue weighted by atomic mass is 9.69. The Morgan fingerprint density at radius 3 is 2.47 bits per heavy atom. The summed E-state index contributed by atoms with van der Waals surface area (Å²) in [6, 6.07) is 9.22. The average molecular weight is 505 g/mol. The average Bonchev–Trinajstić information content (AvgIpc) is 2.78. The van der Waals surface area contributed by atoms with Gasteiger partial charge in [-0.2, -0.15) is 8.78 Å². The molecule has 0 spiro atoms. The molecule has 3 rings (SSSR count). The maximum atomic E-state index is 13.7. The molecule has 1 saturated heterocycles. The number of carbonyl (C=O) groups is 3. The fourth-order valence-corrected chi connectivity index (χ4v) is 4.26. The predicted octanol–water partition coefficient (Wildman–Crippen LogP) is 3.03. The van der Waals surface area contributed by atoms with Crippen LogP contribution in [0.2, 0.25) is 0 Å². The van der Waals surface area contributed by atoms with Crippen LogP contribution in [0.25, 0.3) is 0 Å². The number of amides is 2. The van der Waals surface area contributed by atoms with Crippen LogP contribution in [-0.4, -0.2) is 58.5 Å². The third kappa shape index (κ3) is 5.78. The standard InChI is InChI=1S/C25H30F2N4O5/c1-14(2)16-6-4-5-7-17(16)25(12-31(13-25)20(32)11-9-18(28)22(33)34)23(35)30-19-10-8-15(3)29-21(19)36-24(26)27/h4-8,10,14,18,24H,9,11-13,28H2,1-3H3,(H,30,35)(H,33,34)/t18-/m1/s1. The second kappa shape index (κ2) is 11.0. The van der Waals surface area contributed by atoms with Crippen molar-refractivity contribution in [2.75, 3.05) is 18.4 Å². The summed E-state index contributed by atoms with van der Waals surface area (Å²) in [5.74, 6) is -2.34. The number of nitrogens with zero attached hydrogens (tertiary/aromatic N) is 2. The summed E-state index contributed by atoms with van der Waals surface area (Å²) in [4.78, 5) is 42.8. The minimum Gasteiger partial charge on any atom is -0.480 e. The molecule has 36 heavy (non-hydrogen) atoms. The van der Waals surface area contributed by atoms with E-state index in [1.165, 1.54) is 11.0 Å². The first kappa shape index (κ1) is 27.0. The van der Waals surface area contributed by atoms with Crippen LogP contribution in [0.15, 0.2) is 36.4 Å². The molecule has 0 bridgehead atoms. The molecule has 1 aromatic heterocycles.